The van der Waals surface area contributed by atoms with E-state index in [9.17, 15) is 8.78 Å². The first-order valence-electron chi connectivity index (χ1n) is 5.91. The first kappa shape index (κ1) is 12.0. The van der Waals surface area contributed by atoms with Crippen LogP contribution in [0, 0.1) is 18.6 Å². The molecule has 98 valence electrons. The molecule has 2 nitrogen and oxygen atoms in total. The van der Waals surface area contributed by atoms with Gasteiger partial charge in [0.25, 0.3) is 0 Å². The highest BCUT2D eigenvalue weighted by Crippen LogP contribution is 2.43. The van der Waals surface area contributed by atoms with Crippen LogP contribution in [0.1, 0.15) is 11.1 Å². The van der Waals surface area contributed by atoms with Crippen molar-refractivity contribution in [3.05, 3.63) is 47.0 Å². The molecule has 0 amide bonds. The van der Waals surface area contributed by atoms with E-state index in [1.807, 2.05) is 0 Å². The lowest BCUT2D eigenvalue weighted by molar-refractivity contribution is 0.273. The van der Waals surface area contributed by atoms with Gasteiger partial charge in [-0.2, -0.15) is 4.39 Å². The van der Waals surface area contributed by atoms with Gasteiger partial charge in [-0.15, -0.1) is 0 Å². The van der Waals surface area contributed by atoms with Crippen LogP contribution >= 0.6 is 0 Å². The van der Waals surface area contributed by atoms with E-state index < -0.39 is 5.82 Å². The molecule has 0 saturated heterocycles. The van der Waals surface area contributed by atoms with Crippen molar-refractivity contribution < 1.29 is 18.3 Å². The molecule has 0 radical (unpaired) electrons. The second kappa shape index (κ2) is 4.23. The van der Waals surface area contributed by atoms with Crippen LogP contribution in [-0.4, -0.2) is 7.11 Å². The summed E-state index contributed by atoms with van der Waals surface area (Å²) in [5.41, 5.74) is 2.25. The molecular formula is C15H12F2O2. The van der Waals surface area contributed by atoms with Crippen LogP contribution in [0.2, 0.25) is 0 Å². The van der Waals surface area contributed by atoms with Crippen LogP contribution in [0.4, 0.5) is 8.78 Å². The van der Waals surface area contributed by atoms with Crippen molar-refractivity contribution in [3.8, 4) is 22.6 Å². The summed E-state index contributed by atoms with van der Waals surface area (Å²) in [6.45, 7) is 1.72. The molecule has 3 rings (SSSR count). The highest BCUT2D eigenvalue weighted by atomic mass is 19.1. The van der Waals surface area contributed by atoms with Crippen LogP contribution in [0.15, 0.2) is 24.3 Å². The summed E-state index contributed by atoms with van der Waals surface area (Å²) >= 11 is 0. The Kier molecular flexibility index (Phi) is 2.66. The number of methoxy groups -OCH3 is 1. The van der Waals surface area contributed by atoms with Crippen molar-refractivity contribution in [2.24, 2.45) is 0 Å². The largest absolute Gasteiger partial charge is 0.494 e. The Morgan fingerprint density at radius 1 is 1.05 bits per heavy atom. The van der Waals surface area contributed by atoms with Gasteiger partial charge in [0.15, 0.2) is 11.5 Å². The molecule has 0 saturated carbocycles. The summed E-state index contributed by atoms with van der Waals surface area (Å²) in [6.07, 6.45) is 0. The zero-order valence-electron chi connectivity index (χ0n) is 10.6. The van der Waals surface area contributed by atoms with E-state index in [2.05, 4.69) is 0 Å². The van der Waals surface area contributed by atoms with Gasteiger partial charge < -0.3 is 9.47 Å². The number of ether oxygens (including phenoxy) is 2. The average Bonchev–Trinajstić information content (AvgIpc) is 2.43. The van der Waals surface area contributed by atoms with E-state index >= 15 is 0 Å². The Hall–Kier alpha value is -2.10. The third-order valence-corrected chi connectivity index (χ3v) is 3.37. The predicted octanol–water partition coefficient (Wildman–Crippen LogP) is 3.84. The van der Waals surface area contributed by atoms with Crippen molar-refractivity contribution in [1.82, 2.24) is 0 Å². The number of benzene rings is 2. The van der Waals surface area contributed by atoms with Crippen molar-refractivity contribution in [1.29, 1.82) is 0 Å². The van der Waals surface area contributed by atoms with Gasteiger partial charge in [-0.25, -0.2) is 4.39 Å². The van der Waals surface area contributed by atoms with Crippen molar-refractivity contribution in [2.75, 3.05) is 7.11 Å². The first-order valence-corrected chi connectivity index (χ1v) is 5.91. The first-order chi connectivity index (χ1) is 9.13. The Morgan fingerprint density at radius 2 is 1.79 bits per heavy atom. The molecule has 19 heavy (non-hydrogen) atoms. The second-order valence-electron chi connectivity index (χ2n) is 4.47. The molecule has 1 heterocycles. The Bertz CT molecular complexity index is 666. The smallest absolute Gasteiger partial charge is 0.207 e. The van der Waals surface area contributed by atoms with Crippen LogP contribution in [0.3, 0.4) is 0 Å². The van der Waals surface area contributed by atoms with E-state index in [0.29, 0.717) is 22.3 Å². The SMILES string of the molecule is COc1ccc2c(c1F)OCc1c-2ccc(C)c1F. The van der Waals surface area contributed by atoms with Gasteiger partial charge in [-0.1, -0.05) is 12.1 Å². The van der Waals surface area contributed by atoms with Gasteiger partial charge in [-0.05, 0) is 30.2 Å². The van der Waals surface area contributed by atoms with Crippen LogP contribution in [0.5, 0.6) is 11.5 Å². The highest BCUT2D eigenvalue weighted by molar-refractivity contribution is 5.76. The monoisotopic (exact) mass is 262 g/mol. The molecular weight excluding hydrogens is 250 g/mol. The molecule has 0 unspecified atom stereocenters. The fourth-order valence-corrected chi connectivity index (χ4v) is 2.32. The molecule has 0 fully saturated rings. The maximum absolute atomic E-state index is 14.1. The minimum atomic E-state index is -0.549. The lowest BCUT2D eigenvalue weighted by atomic mass is 9.94. The summed E-state index contributed by atoms with van der Waals surface area (Å²) < 4.78 is 38.4. The molecule has 1 aliphatic heterocycles. The van der Waals surface area contributed by atoms with Crippen LogP contribution < -0.4 is 9.47 Å². The number of hydrogen-bond donors (Lipinski definition) is 0. The number of aryl methyl sites for hydroxylation is 1. The summed E-state index contributed by atoms with van der Waals surface area (Å²) in [5, 5.41) is 0. The maximum atomic E-state index is 14.1. The second-order valence-corrected chi connectivity index (χ2v) is 4.47. The van der Waals surface area contributed by atoms with Crippen molar-refractivity contribution in [2.45, 2.75) is 13.5 Å². The topological polar surface area (TPSA) is 18.5 Å². The van der Waals surface area contributed by atoms with Gasteiger partial charge in [-0.3, -0.25) is 0 Å². The average molecular weight is 262 g/mol. The van der Waals surface area contributed by atoms with Crippen LogP contribution in [0.25, 0.3) is 11.1 Å². The third kappa shape index (κ3) is 1.67. The summed E-state index contributed by atoms with van der Waals surface area (Å²) in [5.74, 6) is -0.601. The van der Waals surface area contributed by atoms with Crippen LogP contribution in [-0.2, 0) is 6.61 Å². The molecule has 4 heteroatoms. The lowest BCUT2D eigenvalue weighted by Gasteiger charge is -2.23. The standard InChI is InChI=1S/C15H12F2O2/c1-8-3-4-9-10-5-6-12(18-2)14(17)15(10)19-7-11(9)13(8)16/h3-6H,7H2,1-2H3. The zero-order chi connectivity index (χ0) is 13.6. The Morgan fingerprint density at radius 3 is 2.53 bits per heavy atom. The lowest BCUT2D eigenvalue weighted by Crippen LogP contribution is -2.10. The summed E-state index contributed by atoms with van der Waals surface area (Å²) in [4.78, 5) is 0. The number of hydrogen-bond acceptors (Lipinski definition) is 2. The molecule has 0 bridgehead atoms. The molecule has 0 spiro atoms. The molecule has 0 N–H and O–H groups in total. The van der Waals surface area contributed by atoms with Gasteiger partial charge in [0.05, 0.1) is 7.11 Å². The molecule has 0 aliphatic carbocycles. The predicted molar refractivity (Wildman–Crippen MR) is 67.4 cm³/mol. The van der Waals surface area contributed by atoms with Gasteiger partial charge in [0, 0.05) is 11.1 Å². The number of halogens is 2. The fourth-order valence-electron chi connectivity index (χ4n) is 2.32. The third-order valence-electron chi connectivity index (χ3n) is 3.37. The van der Waals surface area contributed by atoms with E-state index in [4.69, 9.17) is 9.47 Å². The van der Waals surface area contributed by atoms with Gasteiger partial charge >= 0.3 is 0 Å². The van der Waals surface area contributed by atoms with Crippen molar-refractivity contribution in [3.63, 3.8) is 0 Å². The summed E-state index contributed by atoms with van der Waals surface area (Å²) in [6, 6.07) is 6.68. The zero-order valence-corrected chi connectivity index (χ0v) is 10.6. The van der Waals surface area contributed by atoms with Gasteiger partial charge in [0.2, 0.25) is 5.82 Å². The molecule has 1 aliphatic rings. The quantitative estimate of drug-likeness (QED) is 0.777. The number of rotatable bonds is 1. The minimum Gasteiger partial charge on any atom is -0.494 e. The molecule has 2 aromatic carbocycles. The van der Waals surface area contributed by atoms with E-state index in [1.54, 1.807) is 25.1 Å². The maximum Gasteiger partial charge on any atom is 0.207 e. The molecule has 0 aromatic heterocycles. The number of fused-ring (bicyclic) bond motifs is 3. The Labute approximate surface area is 109 Å². The van der Waals surface area contributed by atoms with Gasteiger partial charge in [0.1, 0.15) is 12.4 Å². The fraction of sp³-hybridized carbons (Fsp3) is 0.200. The molecule has 2 aromatic rings. The highest BCUT2D eigenvalue weighted by Gasteiger charge is 2.25. The molecule has 0 atom stereocenters. The minimum absolute atomic E-state index is 0.0277. The van der Waals surface area contributed by atoms with E-state index in [-0.39, 0.29) is 23.9 Å². The van der Waals surface area contributed by atoms with Crippen molar-refractivity contribution >= 4 is 0 Å². The normalized spacial score (nSPS) is 12.4. The Balaban J connectivity index is 2.26. The summed E-state index contributed by atoms with van der Waals surface area (Å²) in [7, 11) is 1.39. The van der Waals surface area contributed by atoms with E-state index in [1.165, 1.54) is 13.2 Å². The van der Waals surface area contributed by atoms with E-state index in [0.717, 1.165) is 0 Å².